The molecule has 3 rings (SSSR count). The monoisotopic (exact) mass is 538 g/mol. The number of benzene rings is 3. The summed E-state index contributed by atoms with van der Waals surface area (Å²) in [5.74, 6) is 0. The average Bonchev–Trinajstić information content (AvgIpc) is 2.98. The third kappa shape index (κ3) is 13.6. The van der Waals surface area contributed by atoms with E-state index in [4.69, 9.17) is 0 Å². The predicted molar refractivity (Wildman–Crippen MR) is 175 cm³/mol. The minimum absolute atomic E-state index is 1.08. The predicted octanol–water partition coefficient (Wildman–Crippen LogP) is 11.4. The molecule has 0 amide bonds. The Morgan fingerprint density at radius 2 is 0.775 bits per heavy atom. The first-order valence-corrected chi connectivity index (χ1v) is 16.4. The lowest BCUT2D eigenvalue weighted by Gasteiger charge is -2.39. The van der Waals surface area contributed by atoms with Gasteiger partial charge in [-0.3, -0.25) is 0 Å². The van der Waals surface area contributed by atoms with Crippen LogP contribution in [0.25, 0.3) is 0 Å². The van der Waals surface area contributed by atoms with E-state index >= 15 is 0 Å². The number of nitrogens with zero attached hydrogens (tertiary/aromatic N) is 1. The minimum atomic E-state index is 1.08. The van der Waals surface area contributed by atoms with Crippen LogP contribution in [0.5, 0.6) is 0 Å². The summed E-state index contributed by atoms with van der Waals surface area (Å²) in [6.45, 7) is 6.75. The molecule has 0 bridgehead atoms. The fourth-order valence-corrected chi connectivity index (χ4v) is 6.01. The quantitative estimate of drug-likeness (QED) is 0.0678. The van der Waals surface area contributed by atoms with Gasteiger partial charge in [0.05, 0.1) is 6.54 Å². The zero-order chi connectivity index (χ0) is 28.0. The third-order valence-electron chi connectivity index (χ3n) is 8.23. The standard InChI is InChI=1S/C39H56N/c1-2-3-4-5-6-7-8-9-10-11-12-13-14-15-16-26-33-40(34-37-27-20-17-21-28-37,35-38-29-22-18-23-30-38)36-39-31-24-19-25-32-39/h6-7,17-25,27-32H,2-5,8-16,26,33-36H2,1H3/q+1/b7-6+. The third-order valence-corrected chi connectivity index (χ3v) is 8.23. The lowest BCUT2D eigenvalue weighted by Crippen LogP contribution is -2.46. The van der Waals surface area contributed by atoms with E-state index in [-0.39, 0.29) is 0 Å². The second-order valence-electron chi connectivity index (χ2n) is 11.9. The van der Waals surface area contributed by atoms with Crippen molar-refractivity contribution in [2.24, 2.45) is 0 Å². The van der Waals surface area contributed by atoms with Gasteiger partial charge >= 0.3 is 0 Å². The van der Waals surface area contributed by atoms with Crippen molar-refractivity contribution >= 4 is 0 Å². The Morgan fingerprint density at radius 3 is 1.18 bits per heavy atom. The maximum absolute atomic E-state index is 2.42. The molecule has 0 saturated heterocycles. The lowest BCUT2D eigenvalue weighted by atomic mass is 10.0. The summed E-state index contributed by atoms with van der Waals surface area (Å²) in [6.07, 6.45) is 23.9. The van der Waals surface area contributed by atoms with Crippen LogP contribution in [0.3, 0.4) is 0 Å². The zero-order valence-corrected chi connectivity index (χ0v) is 25.5. The summed E-state index contributed by atoms with van der Waals surface area (Å²) in [4.78, 5) is 0. The molecule has 0 fully saturated rings. The van der Waals surface area contributed by atoms with Crippen LogP contribution in [0, 0.1) is 0 Å². The van der Waals surface area contributed by atoms with Gasteiger partial charge in [-0.05, 0) is 38.5 Å². The molecule has 0 aromatic heterocycles. The van der Waals surface area contributed by atoms with Crippen LogP contribution in [0.15, 0.2) is 103 Å². The maximum Gasteiger partial charge on any atom is 0.105 e. The smallest absolute Gasteiger partial charge is 0.105 e. The Hall–Kier alpha value is -2.64. The van der Waals surface area contributed by atoms with Gasteiger partial charge in [-0.25, -0.2) is 0 Å². The highest BCUT2D eigenvalue weighted by molar-refractivity contribution is 5.17. The molecule has 0 heterocycles. The number of quaternary nitrogens is 1. The highest BCUT2D eigenvalue weighted by atomic mass is 15.3. The van der Waals surface area contributed by atoms with Gasteiger partial charge in [-0.15, -0.1) is 0 Å². The molecule has 0 aliphatic carbocycles. The average molecular weight is 539 g/mol. The van der Waals surface area contributed by atoms with Crippen LogP contribution >= 0.6 is 0 Å². The second kappa shape index (κ2) is 20.3. The molecule has 0 radical (unpaired) electrons. The number of allylic oxidation sites excluding steroid dienone is 2. The fourth-order valence-electron chi connectivity index (χ4n) is 6.01. The molecule has 0 atom stereocenters. The largest absolute Gasteiger partial charge is 0.312 e. The van der Waals surface area contributed by atoms with Crippen LogP contribution in [0.2, 0.25) is 0 Å². The van der Waals surface area contributed by atoms with Gasteiger partial charge in [0.15, 0.2) is 0 Å². The van der Waals surface area contributed by atoms with Gasteiger partial charge in [0.2, 0.25) is 0 Å². The SMILES string of the molecule is CCCCC/C=C/CCCCCCCCCCC[N+](Cc1ccccc1)(Cc1ccccc1)Cc1ccccc1. The Labute approximate surface area is 246 Å². The van der Waals surface area contributed by atoms with Crippen molar-refractivity contribution in [1.82, 2.24) is 0 Å². The van der Waals surface area contributed by atoms with Crippen molar-refractivity contribution in [3.05, 3.63) is 120 Å². The van der Waals surface area contributed by atoms with Crippen LogP contribution in [-0.2, 0) is 19.6 Å². The van der Waals surface area contributed by atoms with E-state index in [2.05, 4.69) is 110 Å². The van der Waals surface area contributed by atoms with Gasteiger partial charge in [-0.1, -0.05) is 161 Å². The zero-order valence-electron chi connectivity index (χ0n) is 25.5. The summed E-state index contributed by atoms with van der Waals surface area (Å²) in [7, 11) is 0. The molecule has 0 spiro atoms. The van der Waals surface area contributed by atoms with E-state index in [0.29, 0.717) is 0 Å². The van der Waals surface area contributed by atoms with Gasteiger partial charge in [0.25, 0.3) is 0 Å². The van der Waals surface area contributed by atoms with Crippen LogP contribution in [0.1, 0.15) is 114 Å². The van der Waals surface area contributed by atoms with Crippen molar-refractivity contribution in [3.8, 4) is 0 Å². The lowest BCUT2D eigenvalue weighted by molar-refractivity contribution is -0.966. The van der Waals surface area contributed by atoms with Crippen molar-refractivity contribution in [2.45, 2.75) is 116 Å². The van der Waals surface area contributed by atoms with Gasteiger partial charge < -0.3 is 4.48 Å². The Bertz CT molecular complexity index is 907. The summed E-state index contributed by atoms with van der Waals surface area (Å²) in [5.41, 5.74) is 4.34. The normalized spacial score (nSPS) is 11.8. The molecular weight excluding hydrogens is 482 g/mol. The number of hydrogen-bond acceptors (Lipinski definition) is 0. The summed E-state index contributed by atoms with van der Waals surface area (Å²) in [6, 6.07) is 33.5. The van der Waals surface area contributed by atoms with E-state index in [0.717, 1.165) is 24.1 Å². The van der Waals surface area contributed by atoms with Crippen LogP contribution < -0.4 is 0 Å². The first-order valence-electron chi connectivity index (χ1n) is 16.4. The molecule has 0 aliphatic heterocycles. The van der Waals surface area contributed by atoms with Gasteiger partial charge in [0, 0.05) is 16.7 Å². The van der Waals surface area contributed by atoms with E-state index in [1.165, 1.54) is 113 Å². The molecule has 0 N–H and O–H groups in total. The highest BCUT2D eigenvalue weighted by Crippen LogP contribution is 2.26. The second-order valence-corrected chi connectivity index (χ2v) is 11.9. The van der Waals surface area contributed by atoms with E-state index < -0.39 is 0 Å². The number of rotatable bonds is 22. The van der Waals surface area contributed by atoms with Crippen LogP contribution in [-0.4, -0.2) is 11.0 Å². The first-order chi connectivity index (χ1) is 19.8. The molecule has 1 nitrogen and oxygen atoms in total. The van der Waals surface area contributed by atoms with Gasteiger partial charge in [0.1, 0.15) is 19.6 Å². The molecule has 3 aromatic carbocycles. The van der Waals surface area contributed by atoms with E-state index in [9.17, 15) is 0 Å². The van der Waals surface area contributed by atoms with Gasteiger partial charge in [-0.2, -0.15) is 0 Å². The molecule has 0 aliphatic rings. The molecule has 40 heavy (non-hydrogen) atoms. The fraction of sp³-hybridized carbons (Fsp3) is 0.487. The summed E-state index contributed by atoms with van der Waals surface area (Å²) in [5, 5.41) is 0. The number of hydrogen-bond donors (Lipinski definition) is 0. The Balaban J connectivity index is 1.44. The topological polar surface area (TPSA) is 0 Å². The van der Waals surface area contributed by atoms with Crippen LogP contribution in [0.4, 0.5) is 0 Å². The Morgan fingerprint density at radius 1 is 0.425 bits per heavy atom. The van der Waals surface area contributed by atoms with Crippen molar-refractivity contribution in [3.63, 3.8) is 0 Å². The minimum Gasteiger partial charge on any atom is -0.312 e. The van der Waals surface area contributed by atoms with Crippen molar-refractivity contribution < 1.29 is 4.48 Å². The molecule has 216 valence electrons. The molecule has 0 saturated carbocycles. The van der Waals surface area contributed by atoms with Crippen molar-refractivity contribution in [2.75, 3.05) is 6.54 Å². The molecular formula is C39H56N+. The number of unbranched alkanes of at least 4 members (excludes halogenated alkanes) is 12. The summed E-state index contributed by atoms with van der Waals surface area (Å²) < 4.78 is 1.09. The summed E-state index contributed by atoms with van der Waals surface area (Å²) >= 11 is 0. The van der Waals surface area contributed by atoms with E-state index in [1.807, 2.05) is 0 Å². The first kappa shape index (κ1) is 31.9. The molecule has 0 unspecified atom stereocenters. The highest BCUT2D eigenvalue weighted by Gasteiger charge is 2.28. The van der Waals surface area contributed by atoms with E-state index in [1.54, 1.807) is 0 Å². The molecule has 1 heteroatoms. The Kier molecular flexibility index (Phi) is 16.2. The molecule has 3 aromatic rings. The maximum atomic E-state index is 2.42. The van der Waals surface area contributed by atoms with Crippen molar-refractivity contribution in [1.29, 1.82) is 0 Å².